The molecule has 1 saturated heterocycles. The van der Waals surface area contributed by atoms with E-state index < -0.39 is 0 Å². The summed E-state index contributed by atoms with van der Waals surface area (Å²) in [6.07, 6.45) is 6.43. The summed E-state index contributed by atoms with van der Waals surface area (Å²) in [7, 11) is 0. The highest BCUT2D eigenvalue weighted by molar-refractivity contribution is 5.79. The molecule has 0 radical (unpaired) electrons. The number of aromatic nitrogens is 2. The Bertz CT molecular complexity index is 382. The minimum atomic E-state index is 0.0640. The minimum Gasteiger partial charge on any atom is -0.356 e. The molecule has 0 unspecified atom stereocenters. The van der Waals surface area contributed by atoms with E-state index in [9.17, 15) is 4.79 Å². The molecule has 1 atom stereocenters. The van der Waals surface area contributed by atoms with Crippen LogP contribution >= 0.6 is 0 Å². The van der Waals surface area contributed by atoms with Crippen molar-refractivity contribution in [2.24, 2.45) is 5.92 Å². The predicted molar refractivity (Wildman–Crippen MR) is 70.3 cm³/mol. The highest BCUT2D eigenvalue weighted by Gasteiger charge is 2.26. The number of anilines is 1. The molecule has 0 bridgehead atoms. The lowest BCUT2D eigenvalue weighted by atomic mass is 9.97. The third-order valence-electron chi connectivity index (χ3n) is 3.18. The van der Waals surface area contributed by atoms with E-state index in [1.54, 1.807) is 18.5 Å². The zero-order valence-electron chi connectivity index (χ0n) is 10.8. The van der Waals surface area contributed by atoms with Gasteiger partial charge in [-0.25, -0.2) is 9.97 Å². The molecule has 0 aliphatic carbocycles. The molecule has 1 aromatic rings. The van der Waals surface area contributed by atoms with Crippen LogP contribution in [0.5, 0.6) is 0 Å². The van der Waals surface area contributed by atoms with E-state index in [4.69, 9.17) is 0 Å². The van der Waals surface area contributed by atoms with E-state index in [1.807, 2.05) is 0 Å². The number of hydrogen-bond donors (Lipinski definition) is 1. The number of amides is 1. The van der Waals surface area contributed by atoms with Gasteiger partial charge in [-0.15, -0.1) is 0 Å². The molecule has 2 heterocycles. The van der Waals surface area contributed by atoms with Gasteiger partial charge in [0.1, 0.15) is 0 Å². The van der Waals surface area contributed by atoms with Crippen molar-refractivity contribution in [3.63, 3.8) is 0 Å². The molecule has 5 heteroatoms. The lowest BCUT2D eigenvalue weighted by molar-refractivity contribution is -0.125. The van der Waals surface area contributed by atoms with E-state index in [0.29, 0.717) is 0 Å². The van der Waals surface area contributed by atoms with Crippen molar-refractivity contribution >= 4 is 11.9 Å². The second kappa shape index (κ2) is 6.33. The van der Waals surface area contributed by atoms with E-state index in [0.717, 1.165) is 44.8 Å². The first kappa shape index (κ1) is 12.8. The predicted octanol–water partition coefficient (Wildman–Crippen LogP) is 1.22. The topological polar surface area (TPSA) is 58.1 Å². The molecule has 18 heavy (non-hydrogen) atoms. The number of nitrogens with one attached hydrogen (secondary N) is 1. The number of rotatable bonds is 4. The van der Waals surface area contributed by atoms with Crippen LogP contribution in [-0.2, 0) is 4.79 Å². The average Bonchev–Trinajstić information content (AvgIpc) is 2.46. The molecular formula is C13H20N4O. The monoisotopic (exact) mass is 248 g/mol. The molecule has 2 rings (SSSR count). The zero-order chi connectivity index (χ0) is 12.8. The zero-order valence-corrected chi connectivity index (χ0v) is 10.8. The summed E-state index contributed by atoms with van der Waals surface area (Å²) in [6.45, 7) is 4.48. The maximum Gasteiger partial charge on any atom is 0.225 e. The first-order valence-electron chi connectivity index (χ1n) is 6.61. The summed E-state index contributed by atoms with van der Waals surface area (Å²) in [6, 6.07) is 1.80. The molecule has 1 fully saturated rings. The van der Waals surface area contributed by atoms with Crippen molar-refractivity contribution in [3.05, 3.63) is 18.5 Å². The average molecular weight is 248 g/mol. The lowest BCUT2D eigenvalue weighted by Crippen LogP contribution is -2.43. The summed E-state index contributed by atoms with van der Waals surface area (Å²) in [4.78, 5) is 22.5. The minimum absolute atomic E-state index is 0.0640. The van der Waals surface area contributed by atoms with Crippen molar-refractivity contribution in [3.8, 4) is 0 Å². The molecule has 1 amide bonds. The standard InChI is InChI=1S/C13H20N4O/c1-2-6-14-12(18)11-5-3-9-17(10-11)13-15-7-4-8-16-13/h4,7-8,11H,2-3,5-6,9-10H2,1H3,(H,14,18)/t11-/m0/s1. The number of carbonyl (C=O) groups is 1. The Kier molecular flexibility index (Phi) is 4.50. The summed E-state index contributed by atoms with van der Waals surface area (Å²) in [5, 5.41) is 2.97. The highest BCUT2D eigenvalue weighted by Crippen LogP contribution is 2.19. The van der Waals surface area contributed by atoms with Crippen molar-refractivity contribution in [1.29, 1.82) is 0 Å². The summed E-state index contributed by atoms with van der Waals surface area (Å²) >= 11 is 0. The summed E-state index contributed by atoms with van der Waals surface area (Å²) in [5.74, 6) is 0.956. The Morgan fingerprint density at radius 3 is 3.00 bits per heavy atom. The molecule has 0 saturated carbocycles. The fourth-order valence-electron chi connectivity index (χ4n) is 2.22. The Labute approximate surface area is 108 Å². The first-order chi connectivity index (χ1) is 8.81. The van der Waals surface area contributed by atoms with Crippen LogP contribution in [0.4, 0.5) is 5.95 Å². The van der Waals surface area contributed by atoms with Crippen LogP contribution in [0.2, 0.25) is 0 Å². The number of hydrogen-bond acceptors (Lipinski definition) is 4. The molecular weight excluding hydrogens is 228 g/mol. The SMILES string of the molecule is CCCNC(=O)[C@H]1CCCN(c2ncccn2)C1. The van der Waals surface area contributed by atoms with E-state index in [-0.39, 0.29) is 11.8 Å². The molecule has 5 nitrogen and oxygen atoms in total. The third kappa shape index (κ3) is 3.18. The van der Waals surface area contributed by atoms with Crippen LogP contribution in [0.15, 0.2) is 18.5 Å². The Morgan fingerprint density at radius 2 is 2.28 bits per heavy atom. The number of carbonyl (C=O) groups excluding carboxylic acids is 1. The van der Waals surface area contributed by atoms with Gasteiger partial charge in [0.15, 0.2) is 0 Å². The Morgan fingerprint density at radius 1 is 1.50 bits per heavy atom. The Balaban J connectivity index is 1.94. The fraction of sp³-hybridized carbons (Fsp3) is 0.615. The second-order valence-electron chi connectivity index (χ2n) is 4.62. The third-order valence-corrected chi connectivity index (χ3v) is 3.18. The van der Waals surface area contributed by atoms with Crippen molar-refractivity contribution < 1.29 is 4.79 Å². The van der Waals surface area contributed by atoms with Crippen LogP contribution in [0, 0.1) is 5.92 Å². The van der Waals surface area contributed by atoms with Gasteiger partial charge in [-0.05, 0) is 25.3 Å². The van der Waals surface area contributed by atoms with Gasteiger partial charge < -0.3 is 10.2 Å². The Hall–Kier alpha value is -1.65. The van der Waals surface area contributed by atoms with Crippen molar-refractivity contribution in [2.45, 2.75) is 26.2 Å². The van der Waals surface area contributed by atoms with E-state index >= 15 is 0 Å². The maximum atomic E-state index is 12.0. The molecule has 0 aromatic carbocycles. The van der Waals surface area contributed by atoms with Crippen LogP contribution in [0.3, 0.4) is 0 Å². The molecule has 1 N–H and O–H groups in total. The lowest BCUT2D eigenvalue weighted by Gasteiger charge is -2.31. The summed E-state index contributed by atoms with van der Waals surface area (Å²) in [5.41, 5.74) is 0. The van der Waals surface area contributed by atoms with Gasteiger partial charge in [-0.3, -0.25) is 4.79 Å². The van der Waals surface area contributed by atoms with Gasteiger partial charge in [0.25, 0.3) is 0 Å². The fourth-order valence-corrected chi connectivity index (χ4v) is 2.22. The highest BCUT2D eigenvalue weighted by atomic mass is 16.1. The largest absolute Gasteiger partial charge is 0.356 e. The van der Waals surface area contributed by atoms with Gasteiger partial charge in [-0.2, -0.15) is 0 Å². The van der Waals surface area contributed by atoms with Gasteiger partial charge in [0.2, 0.25) is 11.9 Å². The molecule has 1 aliphatic rings. The molecule has 98 valence electrons. The molecule has 0 spiro atoms. The number of piperidine rings is 1. The maximum absolute atomic E-state index is 12.0. The van der Waals surface area contributed by atoms with Gasteiger partial charge in [-0.1, -0.05) is 6.92 Å². The second-order valence-corrected chi connectivity index (χ2v) is 4.62. The van der Waals surface area contributed by atoms with Crippen LogP contribution in [-0.4, -0.2) is 35.5 Å². The van der Waals surface area contributed by atoms with Crippen LogP contribution < -0.4 is 10.2 Å². The normalized spacial score (nSPS) is 19.6. The molecule has 1 aromatic heterocycles. The van der Waals surface area contributed by atoms with Gasteiger partial charge in [0, 0.05) is 32.0 Å². The van der Waals surface area contributed by atoms with Crippen molar-refractivity contribution in [2.75, 3.05) is 24.5 Å². The van der Waals surface area contributed by atoms with E-state index in [2.05, 4.69) is 27.1 Å². The van der Waals surface area contributed by atoms with E-state index in [1.165, 1.54) is 0 Å². The first-order valence-corrected chi connectivity index (χ1v) is 6.61. The summed E-state index contributed by atoms with van der Waals surface area (Å²) < 4.78 is 0. The van der Waals surface area contributed by atoms with Crippen molar-refractivity contribution in [1.82, 2.24) is 15.3 Å². The van der Waals surface area contributed by atoms with Crippen LogP contribution in [0.25, 0.3) is 0 Å². The smallest absolute Gasteiger partial charge is 0.225 e. The number of nitrogens with zero attached hydrogens (tertiary/aromatic N) is 3. The quantitative estimate of drug-likeness (QED) is 0.870. The van der Waals surface area contributed by atoms with Gasteiger partial charge >= 0.3 is 0 Å². The van der Waals surface area contributed by atoms with Crippen LogP contribution in [0.1, 0.15) is 26.2 Å². The molecule has 1 aliphatic heterocycles. The van der Waals surface area contributed by atoms with Gasteiger partial charge in [0.05, 0.1) is 5.92 Å².